The van der Waals surface area contributed by atoms with Gasteiger partial charge in [-0.25, -0.2) is 9.37 Å². The Hall–Kier alpha value is -2.69. The first-order valence-corrected chi connectivity index (χ1v) is 7.89. The molecule has 1 aromatic carbocycles. The SMILES string of the molecule is Cc1cc(C)n2ccc(C(=O)NC(C)c3cc(F)ccc3C)c2n1. The smallest absolute Gasteiger partial charge is 0.255 e. The molecule has 24 heavy (non-hydrogen) atoms. The second kappa shape index (κ2) is 6.07. The van der Waals surface area contributed by atoms with E-state index in [-0.39, 0.29) is 17.8 Å². The molecule has 0 aliphatic rings. The lowest BCUT2D eigenvalue weighted by Crippen LogP contribution is -2.27. The van der Waals surface area contributed by atoms with Crippen LogP contribution >= 0.6 is 0 Å². The van der Waals surface area contributed by atoms with Gasteiger partial charge in [-0.1, -0.05) is 6.07 Å². The lowest BCUT2D eigenvalue weighted by Gasteiger charge is -2.16. The molecule has 1 atom stereocenters. The fourth-order valence-electron chi connectivity index (χ4n) is 3.00. The zero-order valence-corrected chi connectivity index (χ0v) is 14.2. The van der Waals surface area contributed by atoms with Crippen molar-refractivity contribution in [3.8, 4) is 0 Å². The van der Waals surface area contributed by atoms with Crippen molar-refractivity contribution in [2.45, 2.75) is 33.7 Å². The average molecular weight is 325 g/mol. The fourth-order valence-corrected chi connectivity index (χ4v) is 3.00. The van der Waals surface area contributed by atoms with Crippen molar-refractivity contribution in [2.24, 2.45) is 0 Å². The van der Waals surface area contributed by atoms with Crippen LogP contribution in [0.4, 0.5) is 4.39 Å². The van der Waals surface area contributed by atoms with E-state index in [0.29, 0.717) is 11.2 Å². The third kappa shape index (κ3) is 2.89. The molecular formula is C19H20FN3O. The van der Waals surface area contributed by atoms with E-state index in [9.17, 15) is 9.18 Å². The molecule has 1 N–H and O–H groups in total. The summed E-state index contributed by atoms with van der Waals surface area (Å²) >= 11 is 0. The normalized spacial score (nSPS) is 12.4. The number of amides is 1. The largest absolute Gasteiger partial charge is 0.345 e. The van der Waals surface area contributed by atoms with Crippen molar-refractivity contribution >= 4 is 11.6 Å². The molecule has 1 amide bonds. The molecule has 2 heterocycles. The molecule has 0 spiro atoms. The molecule has 0 aliphatic carbocycles. The summed E-state index contributed by atoms with van der Waals surface area (Å²) in [6, 6.07) is 8.03. The van der Waals surface area contributed by atoms with Crippen LogP contribution in [-0.4, -0.2) is 15.3 Å². The van der Waals surface area contributed by atoms with Gasteiger partial charge in [0.1, 0.15) is 11.5 Å². The Morgan fingerprint density at radius 3 is 2.71 bits per heavy atom. The second-order valence-corrected chi connectivity index (χ2v) is 6.16. The monoisotopic (exact) mass is 325 g/mol. The first-order valence-electron chi connectivity index (χ1n) is 7.89. The third-order valence-corrected chi connectivity index (χ3v) is 4.24. The van der Waals surface area contributed by atoms with Gasteiger partial charge in [-0.05, 0) is 63.1 Å². The van der Waals surface area contributed by atoms with Crippen LogP contribution in [0.25, 0.3) is 5.65 Å². The first-order chi connectivity index (χ1) is 11.4. The van der Waals surface area contributed by atoms with Crippen LogP contribution < -0.4 is 5.32 Å². The van der Waals surface area contributed by atoms with E-state index < -0.39 is 0 Å². The fraction of sp³-hybridized carbons (Fsp3) is 0.263. The van der Waals surface area contributed by atoms with Crippen LogP contribution in [-0.2, 0) is 0 Å². The van der Waals surface area contributed by atoms with Gasteiger partial charge in [0, 0.05) is 17.6 Å². The van der Waals surface area contributed by atoms with Crippen LogP contribution in [0.2, 0.25) is 0 Å². The molecule has 0 radical (unpaired) electrons. The molecule has 3 rings (SSSR count). The van der Waals surface area contributed by atoms with E-state index >= 15 is 0 Å². The third-order valence-electron chi connectivity index (χ3n) is 4.24. The predicted octanol–water partition coefficient (Wildman–Crippen LogP) is 3.89. The number of nitrogens with one attached hydrogen (secondary N) is 1. The Labute approximate surface area is 140 Å². The summed E-state index contributed by atoms with van der Waals surface area (Å²) < 4.78 is 15.4. The number of fused-ring (bicyclic) bond motifs is 1. The summed E-state index contributed by atoms with van der Waals surface area (Å²) in [5.74, 6) is -0.523. The lowest BCUT2D eigenvalue weighted by atomic mass is 10.0. The van der Waals surface area contributed by atoms with E-state index in [0.717, 1.165) is 22.5 Å². The summed E-state index contributed by atoms with van der Waals surface area (Å²) in [5, 5.41) is 2.94. The standard InChI is InChI=1S/C19H20FN3O/c1-11-5-6-15(20)10-17(11)14(4)22-19(24)16-7-8-23-13(3)9-12(2)21-18(16)23/h5-10,14H,1-4H3,(H,22,24). The minimum atomic E-state index is -0.307. The molecule has 4 nitrogen and oxygen atoms in total. The molecule has 5 heteroatoms. The van der Waals surface area contributed by atoms with Crippen molar-refractivity contribution in [1.82, 2.24) is 14.7 Å². The van der Waals surface area contributed by atoms with Gasteiger partial charge in [-0.3, -0.25) is 4.79 Å². The molecule has 3 aromatic rings. The predicted molar refractivity (Wildman–Crippen MR) is 91.7 cm³/mol. The van der Waals surface area contributed by atoms with Crippen molar-refractivity contribution < 1.29 is 9.18 Å². The Morgan fingerprint density at radius 2 is 1.96 bits per heavy atom. The molecule has 0 saturated carbocycles. The number of benzene rings is 1. The molecule has 124 valence electrons. The van der Waals surface area contributed by atoms with Gasteiger partial charge in [0.05, 0.1) is 11.6 Å². The van der Waals surface area contributed by atoms with Crippen LogP contribution in [0.5, 0.6) is 0 Å². The number of aromatic nitrogens is 2. The minimum Gasteiger partial charge on any atom is -0.345 e. The van der Waals surface area contributed by atoms with Gasteiger partial charge < -0.3 is 9.72 Å². The molecule has 0 saturated heterocycles. The summed E-state index contributed by atoms with van der Waals surface area (Å²) in [5.41, 5.74) is 4.74. The van der Waals surface area contributed by atoms with Gasteiger partial charge in [-0.2, -0.15) is 0 Å². The summed E-state index contributed by atoms with van der Waals surface area (Å²) in [4.78, 5) is 17.1. The summed E-state index contributed by atoms with van der Waals surface area (Å²) in [6.45, 7) is 7.63. The average Bonchev–Trinajstić information content (AvgIpc) is 2.93. The van der Waals surface area contributed by atoms with Crippen molar-refractivity contribution in [2.75, 3.05) is 0 Å². The number of carbonyl (C=O) groups excluding carboxylic acids is 1. The maximum Gasteiger partial charge on any atom is 0.255 e. The maximum absolute atomic E-state index is 13.5. The quantitative estimate of drug-likeness (QED) is 0.794. The number of aryl methyl sites for hydroxylation is 3. The van der Waals surface area contributed by atoms with Crippen molar-refractivity contribution in [3.05, 3.63) is 70.4 Å². The maximum atomic E-state index is 13.5. The van der Waals surface area contributed by atoms with Gasteiger partial charge in [0.25, 0.3) is 5.91 Å². The number of halogens is 1. The molecule has 0 bridgehead atoms. The highest BCUT2D eigenvalue weighted by Gasteiger charge is 2.18. The lowest BCUT2D eigenvalue weighted by molar-refractivity contribution is 0.0941. The topological polar surface area (TPSA) is 46.4 Å². The number of hydrogen-bond donors (Lipinski definition) is 1. The zero-order valence-electron chi connectivity index (χ0n) is 14.2. The summed E-state index contributed by atoms with van der Waals surface area (Å²) in [6.07, 6.45) is 1.84. The Morgan fingerprint density at radius 1 is 1.21 bits per heavy atom. The van der Waals surface area contributed by atoms with Crippen molar-refractivity contribution in [3.63, 3.8) is 0 Å². The van der Waals surface area contributed by atoms with Gasteiger partial charge in [0.15, 0.2) is 0 Å². The van der Waals surface area contributed by atoms with E-state index in [1.807, 2.05) is 44.4 Å². The minimum absolute atomic E-state index is 0.217. The number of rotatable bonds is 3. The van der Waals surface area contributed by atoms with Crippen LogP contribution in [0.3, 0.4) is 0 Å². The molecule has 2 aromatic heterocycles. The highest BCUT2D eigenvalue weighted by molar-refractivity contribution is 6.00. The molecule has 1 unspecified atom stereocenters. The highest BCUT2D eigenvalue weighted by atomic mass is 19.1. The second-order valence-electron chi connectivity index (χ2n) is 6.16. The van der Waals surface area contributed by atoms with Gasteiger partial charge in [-0.15, -0.1) is 0 Å². The van der Waals surface area contributed by atoms with Gasteiger partial charge in [0.2, 0.25) is 0 Å². The molecule has 0 fully saturated rings. The zero-order chi connectivity index (χ0) is 17.4. The van der Waals surface area contributed by atoms with Crippen molar-refractivity contribution in [1.29, 1.82) is 0 Å². The number of carbonyl (C=O) groups is 1. The van der Waals surface area contributed by atoms with Crippen LogP contribution in [0.1, 0.15) is 45.8 Å². The van der Waals surface area contributed by atoms with Crippen LogP contribution in [0, 0.1) is 26.6 Å². The van der Waals surface area contributed by atoms with E-state index in [1.165, 1.54) is 12.1 Å². The number of hydrogen-bond acceptors (Lipinski definition) is 2. The Balaban J connectivity index is 1.91. The Bertz CT molecular complexity index is 930. The van der Waals surface area contributed by atoms with Crippen LogP contribution in [0.15, 0.2) is 36.5 Å². The van der Waals surface area contributed by atoms with E-state index in [1.54, 1.807) is 12.1 Å². The van der Waals surface area contributed by atoms with E-state index in [4.69, 9.17) is 0 Å². The summed E-state index contributed by atoms with van der Waals surface area (Å²) in [7, 11) is 0. The molecular weight excluding hydrogens is 305 g/mol. The molecule has 0 aliphatic heterocycles. The van der Waals surface area contributed by atoms with Gasteiger partial charge >= 0.3 is 0 Å². The Kier molecular flexibility index (Phi) is 4.09. The number of nitrogens with zero attached hydrogens (tertiary/aromatic N) is 2. The highest BCUT2D eigenvalue weighted by Crippen LogP contribution is 2.20. The first kappa shape index (κ1) is 16.2. The van der Waals surface area contributed by atoms with E-state index in [2.05, 4.69) is 10.3 Å².